The lowest BCUT2D eigenvalue weighted by atomic mass is 10.4. The molecule has 0 bridgehead atoms. The van der Waals surface area contributed by atoms with Crippen LogP contribution < -0.4 is 5.32 Å². The SMILES string of the molecule is c1cnc(SCc2ccc(CNC3CC3)o2)nc1. The minimum Gasteiger partial charge on any atom is -0.464 e. The van der Waals surface area contributed by atoms with Crippen LogP contribution in [0.5, 0.6) is 0 Å². The molecular weight excluding hydrogens is 246 g/mol. The molecule has 1 aliphatic rings. The fourth-order valence-electron chi connectivity index (χ4n) is 1.62. The number of nitrogens with one attached hydrogen (secondary N) is 1. The van der Waals surface area contributed by atoms with Gasteiger partial charge in [0.25, 0.3) is 0 Å². The molecule has 0 saturated heterocycles. The molecular formula is C13H15N3OS. The van der Waals surface area contributed by atoms with Crippen LogP contribution in [0.25, 0.3) is 0 Å². The molecule has 2 heterocycles. The van der Waals surface area contributed by atoms with Gasteiger partial charge in [0.05, 0.1) is 12.3 Å². The quantitative estimate of drug-likeness (QED) is 0.640. The van der Waals surface area contributed by atoms with Gasteiger partial charge in [-0.3, -0.25) is 0 Å². The summed E-state index contributed by atoms with van der Waals surface area (Å²) >= 11 is 1.59. The maximum Gasteiger partial charge on any atom is 0.187 e. The molecule has 4 nitrogen and oxygen atoms in total. The molecule has 94 valence electrons. The van der Waals surface area contributed by atoms with E-state index in [0.717, 1.165) is 29.0 Å². The van der Waals surface area contributed by atoms with Crippen LogP contribution in [0, 0.1) is 0 Å². The van der Waals surface area contributed by atoms with E-state index in [4.69, 9.17) is 4.42 Å². The molecule has 1 fully saturated rings. The molecule has 0 atom stereocenters. The molecule has 0 amide bonds. The Morgan fingerprint density at radius 2 is 2.00 bits per heavy atom. The first kappa shape index (κ1) is 11.7. The van der Waals surface area contributed by atoms with Gasteiger partial charge in [-0.1, -0.05) is 11.8 Å². The zero-order valence-corrected chi connectivity index (χ0v) is 10.8. The summed E-state index contributed by atoms with van der Waals surface area (Å²) in [7, 11) is 0. The minimum absolute atomic E-state index is 0.714. The molecule has 3 rings (SSSR count). The van der Waals surface area contributed by atoms with Gasteiger partial charge >= 0.3 is 0 Å². The Morgan fingerprint density at radius 3 is 2.78 bits per heavy atom. The standard InChI is InChI=1S/C13H15N3OS/c1-6-14-13(15-7-1)18-9-12-5-4-11(17-12)8-16-10-2-3-10/h1,4-7,10,16H,2-3,8-9H2. The van der Waals surface area contributed by atoms with Crippen molar-refractivity contribution in [1.82, 2.24) is 15.3 Å². The van der Waals surface area contributed by atoms with E-state index >= 15 is 0 Å². The summed E-state index contributed by atoms with van der Waals surface area (Å²) in [4.78, 5) is 8.33. The number of thioether (sulfide) groups is 1. The number of aromatic nitrogens is 2. The third-order valence-electron chi connectivity index (χ3n) is 2.75. The number of hydrogen-bond donors (Lipinski definition) is 1. The van der Waals surface area contributed by atoms with Crippen molar-refractivity contribution >= 4 is 11.8 Å². The van der Waals surface area contributed by atoms with Crippen LogP contribution in [0.15, 0.2) is 40.2 Å². The van der Waals surface area contributed by atoms with Crippen molar-refractivity contribution in [3.63, 3.8) is 0 Å². The lowest BCUT2D eigenvalue weighted by molar-refractivity contribution is 0.458. The van der Waals surface area contributed by atoms with E-state index in [2.05, 4.69) is 15.3 Å². The van der Waals surface area contributed by atoms with Crippen molar-refractivity contribution in [2.45, 2.75) is 36.3 Å². The molecule has 0 spiro atoms. The minimum atomic E-state index is 0.714. The van der Waals surface area contributed by atoms with Crippen LogP contribution in [-0.2, 0) is 12.3 Å². The van der Waals surface area contributed by atoms with E-state index in [0.29, 0.717) is 6.04 Å². The highest BCUT2D eigenvalue weighted by Gasteiger charge is 2.20. The number of furan rings is 1. The Kier molecular flexibility index (Phi) is 3.61. The fraction of sp³-hybridized carbons (Fsp3) is 0.385. The summed E-state index contributed by atoms with van der Waals surface area (Å²) in [5.41, 5.74) is 0. The maximum atomic E-state index is 5.74. The molecule has 0 radical (unpaired) electrons. The molecule has 2 aromatic heterocycles. The van der Waals surface area contributed by atoms with Crippen molar-refractivity contribution in [2.24, 2.45) is 0 Å². The van der Waals surface area contributed by atoms with Gasteiger partial charge in [0, 0.05) is 18.4 Å². The summed E-state index contributed by atoms with van der Waals surface area (Å²) in [6, 6.07) is 6.60. The van der Waals surface area contributed by atoms with Gasteiger partial charge in [0.15, 0.2) is 5.16 Å². The Morgan fingerprint density at radius 1 is 1.22 bits per heavy atom. The van der Waals surface area contributed by atoms with Crippen LogP contribution in [0.2, 0.25) is 0 Å². The van der Waals surface area contributed by atoms with Gasteiger partial charge in [0.2, 0.25) is 0 Å². The maximum absolute atomic E-state index is 5.74. The monoisotopic (exact) mass is 261 g/mol. The predicted octanol–water partition coefficient (Wildman–Crippen LogP) is 2.61. The van der Waals surface area contributed by atoms with Crippen molar-refractivity contribution < 1.29 is 4.42 Å². The lowest BCUT2D eigenvalue weighted by Gasteiger charge is -1.99. The summed E-state index contributed by atoms with van der Waals surface area (Å²) < 4.78 is 5.74. The molecule has 0 aromatic carbocycles. The van der Waals surface area contributed by atoms with Gasteiger partial charge in [-0.2, -0.15) is 0 Å². The highest BCUT2D eigenvalue weighted by molar-refractivity contribution is 7.98. The molecule has 0 aliphatic heterocycles. The van der Waals surface area contributed by atoms with E-state index in [9.17, 15) is 0 Å². The van der Waals surface area contributed by atoms with Crippen molar-refractivity contribution in [1.29, 1.82) is 0 Å². The zero-order valence-electron chi connectivity index (χ0n) is 10.0. The first-order valence-corrected chi connectivity index (χ1v) is 7.09. The highest BCUT2D eigenvalue weighted by Crippen LogP contribution is 2.22. The summed E-state index contributed by atoms with van der Waals surface area (Å²) in [6.45, 7) is 0.831. The summed E-state index contributed by atoms with van der Waals surface area (Å²) in [5.74, 6) is 2.75. The second kappa shape index (κ2) is 5.54. The van der Waals surface area contributed by atoms with E-state index in [1.54, 1.807) is 24.2 Å². The van der Waals surface area contributed by atoms with Crippen molar-refractivity contribution in [3.8, 4) is 0 Å². The fourth-order valence-corrected chi connectivity index (χ4v) is 2.32. The Hall–Kier alpha value is -1.33. The van der Waals surface area contributed by atoms with Crippen LogP contribution in [0.3, 0.4) is 0 Å². The second-order valence-corrected chi connectivity index (χ2v) is 5.29. The Bertz CT molecular complexity index is 496. The first-order chi connectivity index (χ1) is 8.90. The Balaban J connectivity index is 1.50. The molecule has 0 unspecified atom stereocenters. The van der Waals surface area contributed by atoms with E-state index in [-0.39, 0.29) is 0 Å². The van der Waals surface area contributed by atoms with Gasteiger partial charge in [0.1, 0.15) is 11.5 Å². The molecule has 1 N–H and O–H groups in total. The van der Waals surface area contributed by atoms with Crippen LogP contribution in [-0.4, -0.2) is 16.0 Å². The van der Waals surface area contributed by atoms with Crippen LogP contribution >= 0.6 is 11.8 Å². The topological polar surface area (TPSA) is 51.0 Å². The number of hydrogen-bond acceptors (Lipinski definition) is 5. The number of nitrogens with zero attached hydrogens (tertiary/aromatic N) is 2. The van der Waals surface area contributed by atoms with E-state index in [1.165, 1.54) is 12.8 Å². The van der Waals surface area contributed by atoms with Crippen LogP contribution in [0.4, 0.5) is 0 Å². The third-order valence-corrected chi connectivity index (χ3v) is 3.64. The molecule has 5 heteroatoms. The Labute approximate surface area is 110 Å². The van der Waals surface area contributed by atoms with E-state index < -0.39 is 0 Å². The van der Waals surface area contributed by atoms with Gasteiger partial charge in [-0.15, -0.1) is 0 Å². The smallest absolute Gasteiger partial charge is 0.187 e. The normalized spacial score (nSPS) is 14.9. The molecule has 1 saturated carbocycles. The number of rotatable bonds is 6. The van der Waals surface area contributed by atoms with E-state index in [1.807, 2.05) is 18.2 Å². The molecule has 18 heavy (non-hydrogen) atoms. The first-order valence-electron chi connectivity index (χ1n) is 6.11. The summed E-state index contributed by atoms with van der Waals surface area (Å²) in [5, 5.41) is 4.22. The van der Waals surface area contributed by atoms with Gasteiger partial charge < -0.3 is 9.73 Å². The van der Waals surface area contributed by atoms with Crippen molar-refractivity contribution in [2.75, 3.05) is 0 Å². The average Bonchev–Trinajstić information content (AvgIpc) is 3.14. The highest BCUT2D eigenvalue weighted by atomic mass is 32.2. The molecule has 1 aliphatic carbocycles. The lowest BCUT2D eigenvalue weighted by Crippen LogP contribution is -2.14. The second-order valence-electron chi connectivity index (χ2n) is 4.34. The molecule has 2 aromatic rings. The third kappa shape index (κ3) is 3.34. The van der Waals surface area contributed by atoms with Crippen LogP contribution in [0.1, 0.15) is 24.4 Å². The van der Waals surface area contributed by atoms with Gasteiger partial charge in [-0.05, 0) is 31.0 Å². The zero-order chi connectivity index (χ0) is 12.2. The van der Waals surface area contributed by atoms with Gasteiger partial charge in [-0.25, -0.2) is 9.97 Å². The largest absolute Gasteiger partial charge is 0.464 e. The van der Waals surface area contributed by atoms with Crippen molar-refractivity contribution in [3.05, 3.63) is 42.1 Å². The predicted molar refractivity (Wildman–Crippen MR) is 70.2 cm³/mol. The average molecular weight is 261 g/mol. The summed E-state index contributed by atoms with van der Waals surface area (Å²) in [6.07, 6.45) is 6.11.